The van der Waals surface area contributed by atoms with Crippen LogP contribution in [0.15, 0.2) is 12.1 Å². The van der Waals surface area contributed by atoms with E-state index >= 15 is 0 Å². The number of anilines is 1. The van der Waals surface area contributed by atoms with Crippen molar-refractivity contribution < 1.29 is 9.53 Å². The molecule has 0 aromatic heterocycles. The minimum absolute atomic E-state index is 0.0905. The van der Waals surface area contributed by atoms with E-state index in [1.807, 2.05) is 26.0 Å². The van der Waals surface area contributed by atoms with Crippen LogP contribution < -0.4 is 15.4 Å². The number of carbonyl (C=O) groups is 1. The number of hydrogen-bond acceptors (Lipinski definition) is 3. The first-order valence-corrected chi connectivity index (χ1v) is 7.26. The van der Waals surface area contributed by atoms with Gasteiger partial charge in [-0.1, -0.05) is 6.07 Å². The van der Waals surface area contributed by atoms with Gasteiger partial charge in [0.15, 0.2) is 0 Å². The van der Waals surface area contributed by atoms with Crippen LogP contribution in [0.4, 0.5) is 5.69 Å². The van der Waals surface area contributed by atoms with E-state index in [2.05, 4.69) is 10.6 Å². The smallest absolute Gasteiger partial charge is 0.224 e. The molecule has 1 amide bonds. The summed E-state index contributed by atoms with van der Waals surface area (Å²) in [4.78, 5) is 12.1. The van der Waals surface area contributed by atoms with Crippen LogP contribution in [-0.4, -0.2) is 26.1 Å². The number of amides is 1. The summed E-state index contributed by atoms with van der Waals surface area (Å²) in [7, 11) is 1.66. The molecule has 1 fully saturated rings. The predicted molar refractivity (Wildman–Crippen MR) is 81.3 cm³/mol. The van der Waals surface area contributed by atoms with Gasteiger partial charge in [-0.3, -0.25) is 4.79 Å². The van der Waals surface area contributed by atoms with Crippen LogP contribution >= 0.6 is 0 Å². The van der Waals surface area contributed by atoms with Crippen molar-refractivity contribution in [2.75, 3.05) is 25.5 Å². The van der Waals surface area contributed by atoms with Gasteiger partial charge in [-0.2, -0.15) is 0 Å². The summed E-state index contributed by atoms with van der Waals surface area (Å²) in [5, 5.41) is 6.35. The molecule has 0 bridgehead atoms. The first-order valence-electron chi connectivity index (χ1n) is 7.26. The average Bonchev–Trinajstić information content (AvgIpc) is 2.44. The standard InChI is InChI=1S/C16H24N2O2/c1-11-6-7-14(12(2)16(11)20-3)18-15(19)9-13-5-4-8-17-10-13/h6-7,13,17H,4-5,8-10H2,1-3H3,(H,18,19). The third-order valence-electron chi connectivity index (χ3n) is 3.95. The molecule has 0 spiro atoms. The summed E-state index contributed by atoms with van der Waals surface area (Å²) in [6.07, 6.45) is 2.88. The Morgan fingerprint density at radius 2 is 2.25 bits per heavy atom. The molecule has 1 heterocycles. The zero-order valence-corrected chi connectivity index (χ0v) is 12.6. The summed E-state index contributed by atoms with van der Waals surface area (Å²) in [5.41, 5.74) is 2.92. The van der Waals surface area contributed by atoms with E-state index in [1.54, 1.807) is 7.11 Å². The maximum atomic E-state index is 12.1. The zero-order valence-electron chi connectivity index (χ0n) is 12.6. The van der Waals surface area contributed by atoms with Crippen molar-refractivity contribution in [2.24, 2.45) is 5.92 Å². The lowest BCUT2D eigenvalue weighted by molar-refractivity contribution is -0.117. The second-order valence-corrected chi connectivity index (χ2v) is 5.55. The quantitative estimate of drug-likeness (QED) is 0.889. The van der Waals surface area contributed by atoms with Crippen molar-refractivity contribution in [3.8, 4) is 5.75 Å². The monoisotopic (exact) mass is 276 g/mol. The van der Waals surface area contributed by atoms with Crippen molar-refractivity contribution in [2.45, 2.75) is 33.1 Å². The Bertz CT molecular complexity index is 480. The molecule has 2 rings (SSSR count). The number of ether oxygens (including phenoxy) is 1. The van der Waals surface area contributed by atoms with Gasteiger partial charge < -0.3 is 15.4 Å². The molecule has 1 aromatic carbocycles. The van der Waals surface area contributed by atoms with Gasteiger partial charge >= 0.3 is 0 Å². The third-order valence-corrected chi connectivity index (χ3v) is 3.95. The molecule has 110 valence electrons. The number of nitrogens with one attached hydrogen (secondary N) is 2. The number of benzene rings is 1. The average molecular weight is 276 g/mol. The largest absolute Gasteiger partial charge is 0.496 e. The SMILES string of the molecule is COc1c(C)ccc(NC(=O)CC2CCCNC2)c1C. The van der Waals surface area contributed by atoms with Gasteiger partial charge in [0.2, 0.25) is 5.91 Å². The number of aryl methyl sites for hydroxylation is 1. The summed E-state index contributed by atoms with van der Waals surface area (Å²) in [6.45, 7) is 6.00. The first-order chi connectivity index (χ1) is 9.61. The minimum Gasteiger partial charge on any atom is -0.496 e. The fourth-order valence-electron chi connectivity index (χ4n) is 2.84. The van der Waals surface area contributed by atoms with Gasteiger partial charge in [-0.25, -0.2) is 0 Å². The Hall–Kier alpha value is -1.55. The van der Waals surface area contributed by atoms with E-state index in [0.717, 1.165) is 48.5 Å². The number of rotatable bonds is 4. The van der Waals surface area contributed by atoms with Crippen molar-refractivity contribution in [3.63, 3.8) is 0 Å². The molecule has 1 aliphatic heterocycles. The minimum atomic E-state index is 0.0905. The zero-order chi connectivity index (χ0) is 14.5. The first kappa shape index (κ1) is 14.9. The number of carbonyl (C=O) groups excluding carboxylic acids is 1. The van der Waals surface area contributed by atoms with Crippen LogP contribution in [0.1, 0.15) is 30.4 Å². The van der Waals surface area contributed by atoms with Crippen molar-refractivity contribution in [3.05, 3.63) is 23.3 Å². The van der Waals surface area contributed by atoms with Gasteiger partial charge in [-0.15, -0.1) is 0 Å². The van der Waals surface area contributed by atoms with E-state index in [9.17, 15) is 4.79 Å². The molecule has 1 unspecified atom stereocenters. The highest BCUT2D eigenvalue weighted by Gasteiger charge is 2.17. The van der Waals surface area contributed by atoms with E-state index in [-0.39, 0.29) is 5.91 Å². The lowest BCUT2D eigenvalue weighted by Gasteiger charge is -2.22. The molecule has 4 nitrogen and oxygen atoms in total. The van der Waals surface area contributed by atoms with Crippen molar-refractivity contribution >= 4 is 11.6 Å². The van der Waals surface area contributed by atoms with Crippen molar-refractivity contribution in [1.82, 2.24) is 5.32 Å². The fourth-order valence-corrected chi connectivity index (χ4v) is 2.84. The third kappa shape index (κ3) is 3.51. The molecule has 1 saturated heterocycles. The van der Waals surface area contributed by atoms with Crippen LogP contribution in [0.2, 0.25) is 0 Å². The predicted octanol–water partition coefficient (Wildman–Crippen LogP) is 2.64. The highest BCUT2D eigenvalue weighted by atomic mass is 16.5. The normalized spacial score (nSPS) is 18.6. The highest BCUT2D eigenvalue weighted by molar-refractivity contribution is 5.92. The molecular weight excluding hydrogens is 252 g/mol. The van der Waals surface area contributed by atoms with E-state index in [4.69, 9.17) is 4.74 Å². The summed E-state index contributed by atoms with van der Waals surface area (Å²) in [6, 6.07) is 3.92. The molecule has 4 heteroatoms. The van der Waals surface area contributed by atoms with Gasteiger partial charge in [0.05, 0.1) is 7.11 Å². The number of hydrogen-bond donors (Lipinski definition) is 2. The fraction of sp³-hybridized carbons (Fsp3) is 0.562. The van der Waals surface area contributed by atoms with E-state index < -0.39 is 0 Å². The van der Waals surface area contributed by atoms with Crippen LogP contribution in [-0.2, 0) is 4.79 Å². The Kier molecular flexibility index (Phi) is 5.01. The topological polar surface area (TPSA) is 50.4 Å². The van der Waals surface area contributed by atoms with Crippen LogP contribution in [0, 0.1) is 19.8 Å². The van der Waals surface area contributed by atoms with E-state index in [1.165, 1.54) is 0 Å². The number of piperidine rings is 1. The Labute approximate surface area is 120 Å². The molecule has 0 radical (unpaired) electrons. The Balaban J connectivity index is 2.00. The Morgan fingerprint density at radius 3 is 2.90 bits per heavy atom. The van der Waals surface area contributed by atoms with Crippen LogP contribution in [0.25, 0.3) is 0 Å². The van der Waals surface area contributed by atoms with Gasteiger partial charge in [0, 0.05) is 17.7 Å². The van der Waals surface area contributed by atoms with E-state index in [0.29, 0.717) is 12.3 Å². The van der Waals surface area contributed by atoms with Crippen LogP contribution in [0.5, 0.6) is 5.75 Å². The molecule has 0 aliphatic carbocycles. The van der Waals surface area contributed by atoms with Gasteiger partial charge in [0.25, 0.3) is 0 Å². The highest BCUT2D eigenvalue weighted by Crippen LogP contribution is 2.29. The Morgan fingerprint density at radius 1 is 1.45 bits per heavy atom. The lowest BCUT2D eigenvalue weighted by Crippen LogP contribution is -2.32. The second-order valence-electron chi connectivity index (χ2n) is 5.55. The summed E-state index contributed by atoms with van der Waals surface area (Å²) in [5.74, 6) is 1.39. The second kappa shape index (κ2) is 6.75. The molecule has 1 aromatic rings. The molecule has 0 saturated carbocycles. The molecular formula is C16H24N2O2. The van der Waals surface area contributed by atoms with Crippen LogP contribution in [0.3, 0.4) is 0 Å². The summed E-state index contributed by atoms with van der Waals surface area (Å²) < 4.78 is 5.39. The maximum Gasteiger partial charge on any atom is 0.224 e. The van der Waals surface area contributed by atoms with Gasteiger partial charge in [-0.05, 0) is 57.3 Å². The maximum absolute atomic E-state index is 12.1. The molecule has 1 atom stereocenters. The molecule has 20 heavy (non-hydrogen) atoms. The molecule has 1 aliphatic rings. The van der Waals surface area contributed by atoms with Crippen molar-refractivity contribution in [1.29, 1.82) is 0 Å². The summed E-state index contributed by atoms with van der Waals surface area (Å²) >= 11 is 0. The van der Waals surface area contributed by atoms with Gasteiger partial charge in [0.1, 0.15) is 5.75 Å². The molecule has 2 N–H and O–H groups in total. The lowest BCUT2D eigenvalue weighted by atomic mass is 9.96. The number of methoxy groups -OCH3 is 1.